The highest BCUT2D eigenvalue weighted by Crippen LogP contribution is 2.42. The molecule has 0 radical (unpaired) electrons. The van der Waals surface area contributed by atoms with Crippen LogP contribution in [0.5, 0.6) is 23.0 Å². The van der Waals surface area contributed by atoms with Gasteiger partial charge in [0.2, 0.25) is 5.91 Å². The molecular formula is C24H23NO4. The Kier molecular flexibility index (Phi) is 5.38. The third-order valence-corrected chi connectivity index (χ3v) is 5.09. The lowest BCUT2D eigenvalue weighted by Gasteiger charge is -2.28. The number of hydrogen-bond donors (Lipinski definition) is 1. The average Bonchev–Trinajstić information content (AvgIpc) is 2.77. The normalized spacial score (nSPS) is 12.3. The monoisotopic (exact) mass is 389 g/mol. The zero-order chi connectivity index (χ0) is 20.2. The molecule has 0 unspecified atom stereocenters. The van der Waals surface area contributed by atoms with Crippen LogP contribution in [0.2, 0.25) is 0 Å². The van der Waals surface area contributed by atoms with Crippen LogP contribution in [-0.2, 0) is 11.2 Å². The van der Waals surface area contributed by atoms with Gasteiger partial charge in [-0.15, -0.1) is 0 Å². The van der Waals surface area contributed by atoms with E-state index in [0.29, 0.717) is 12.8 Å². The number of aryl methyl sites for hydroxylation is 1. The van der Waals surface area contributed by atoms with Crippen LogP contribution in [0.3, 0.4) is 0 Å². The van der Waals surface area contributed by atoms with Gasteiger partial charge in [-0.3, -0.25) is 4.79 Å². The minimum atomic E-state index is -0.240. The van der Waals surface area contributed by atoms with E-state index in [1.807, 2.05) is 66.7 Å². The third-order valence-electron chi connectivity index (χ3n) is 5.09. The maximum Gasteiger partial charge on any atom is 0.221 e. The summed E-state index contributed by atoms with van der Waals surface area (Å²) < 4.78 is 16.7. The highest BCUT2D eigenvalue weighted by atomic mass is 16.5. The zero-order valence-electron chi connectivity index (χ0n) is 16.5. The molecule has 5 nitrogen and oxygen atoms in total. The SMILES string of the molecule is COc1ccc(OC)c(CCC(=O)NC2c3ccccc3Oc3ccccc32)c1. The Bertz CT molecular complexity index is 985. The van der Waals surface area contributed by atoms with Crippen LogP contribution in [0.1, 0.15) is 29.2 Å². The maximum absolute atomic E-state index is 12.8. The molecule has 29 heavy (non-hydrogen) atoms. The second-order valence-electron chi connectivity index (χ2n) is 6.86. The average molecular weight is 389 g/mol. The van der Waals surface area contributed by atoms with E-state index in [0.717, 1.165) is 39.7 Å². The van der Waals surface area contributed by atoms with Gasteiger partial charge < -0.3 is 19.5 Å². The molecular weight excluding hydrogens is 366 g/mol. The zero-order valence-corrected chi connectivity index (χ0v) is 16.5. The van der Waals surface area contributed by atoms with Crippen molar-refractivity contribution < 1.29 is 19.0 Å². The lowest BCUT2D eigenvalue weighted by Crippen LogP contribution is -2.31. The molecule has 0 atom stereocenters. The Hall–Kier alpha value is -3.47. The van der Waals surface area contributed by atoms with Gasteiger partial charge in [-0.1, -0.05) is 36.4 Å². The lowest BCUT2D eigenvalue weighted by molar-refractivity contribution is -0.121. The van der Waals surface area contributed by atoms with E-state index in [9.17, 15) is 4.79 Å². The fourth-order valence-corrected chi connectivity index (χ4v) is 3.62. The number of rotatable bonds is 6. The minimum absolute atomic E-state index is 0.0358. The molecule has 5 heteroatoms. The molecule has 0 saturated heterocycles. The van der Waals surface area contributed by atoms with Gasteiger partial charge in [0.1, 0.15) is 23.0 Å². The van der Waals surface area contributed by atoms with Gasteiger partial charge in [0.05, 0.1) is 20.3 Å². The first-order chi connectivity index (χ1) is 14.2. The van der Waals surface area contributed by atoms with Crippen molar-refractivity contribution in [3.63, 3.8) is 0 Å². The third kappa shape index (κ3) is 3.90. The number of ether oxygens (including phenoxy) is 3. The molecule has 0 aromatic heterocycles. The Morgan fingerprint density at radius 2 is 1.59 bits per heavy atom. The summed E-state index contributed by atoms with van der Waals surface area (Å²) >= 11 is 0. The van der Waals surface area contributed by atoms with Gasteiger partial charge >= 0.3 is 0 Å². The summed E-state index contributed by atoms with van der Waals surface area (Å²) in [5.74, 6) is 3.00. The van der Waals surface area contributed by atoms with Crippen LogP contribution in [-0.4, -0.2) is 20.1 Å². The van der Waals surface area contributed by atoms with Gasteiger partial charge in [0, 0.05) is 17.5 Å². The van der Waals surface area contributed by atoms with Crippen LogP contribution in [0, 0.1) is 0 Å². The molecule has 148 valence electrons. The van der Waals surface area contributed by atoms with Crippen molar-refractivity contribution in [1.82, 2.24) is 5.32 Å². The molecule has 0 saturated carbocycles. The second kappa shape index (κ2) is 8.27. The molecule has 1 aliphatic rings. The highest BCUT2D eigenvalue weighted by Gasteiger charge is 2.27. The van der Waals surface area contributed by atoms with Crippen LogP contribution < -0.4 is 19.5 Å². The summed E-state index contributed by atoms with van der Waals surface area (Å²) in [5.41, 5.74) is 2.85. The predicted octanol–water partition coefficient (Wildman–Crippen LogP) is 4.65. The smallest absolute Gasteiger partial charge is 0.221 e. The van der Waals surface area contributed by atoms with Crippen LogP contribution in [0.15, 0.2) is 66.7 Å². The first-order valence-electron chi connectivity index (χ1n) is 9.55. The fourth-order valence-electron chi connectivity index (χ4n) is 3.62. The summed E-state index contributed by atoms with van der Waals surface area (Å²) in [6.07, 6.45) is 0.893. The van der Waals surface area contributed by atoms with Crippen molar-refractivity contribution in [2.24, 2.45) is 0 Å². The minimum Gasteiger partial charge on any atom is -0.497 e. The van der Waals surface area contributed by atoms with E-state index in [2.05, 4.69) is 5.32 Å². The quantitative estimate of drug-likeness (QED) is 0.667. The summed E-state index contributed by atoms with van der Waals surface area (Å²) in [6, 6.07) is 21.0. The van der Waals surface area contributed by atoms with E-state index in [4.69, 9.17) is 14.2 Å². The molecule has 3 aromatic carbocycles. The molecule has 1 aliphatic heterocycles. The molecule has 4 rings (SSSR count). The van der Waals surface area contributed by atoms with Gasteiger partial charge in [-0.25, -0.2) is 0 Å². The van der Waals surface area contributed by atoms with E-state index >= 15 is 0 Å². The van der Waals surface area contributed by atoms with Gasteiger partial charge in [-0.2, -0.15) is 0 Å². The molecule has 3 aromatic rings. The van der Waals surface area contributed by atoms with Gasteiger partial charge in [0.15, 0.2) is 0 Å². The number of methoxy groups -OCH3 is 2. The van der Waals surface area contributed by atoms with Crippen molar-refractivity contribution in [3.8, 4) is 23.0 Å². The van der Waals surface area contributed by atoms with E-state index in [-0.39, 0.29) is 11.9 Å². The first-order valence-corrected chi connectivity index (χ1v) is 9.55. The molecule has 1 amide bonds. The Balaban J connectivity index is 1.52. The van der Waals surface area contributed by atoms with Crippen molar-refractivity contribution in [2.75, 3.05) is 14.2 Å². The van der Waals surface area contributed by atoms with E-state index < -0.39 is 0 Å². The number of hydrogen-bond acceptors (Lipinski definition) is 4. The van der Waals surface area contributed by atoms with Crippen molar-refractivity contribution in [3.05, 3.63) is 83.4 Å². The second-order valence-corrected chi connectivity index (χ2v) is 6.86. The van der Waals surface area contributed by atoms with Crippen LogP contribution in [0.4, 0.5) is 0 Å². The molecule has 0 fully saturated rings. The van der Waals surface area contributed by atoms with Crippen LogP contribution >= 0.6 is 0 Å². The van der Waals surface area contributed by atoms with Crippen molar-refractivity contribution in [1.29, 1.82) is 0 Å². The lowest BCUT2D eigenvalue weighted by atomic mass is 9.94. The number of nitrogens with one attached hydrogen (secondary N) is 1. The summed E-state index contributed by atoms with van der Waals surface area (Å²) in [4.78, 5) is 12.8. The topological polar surface area (TPSA) is 56.8 Å². The van der Waals surface area contributed by atoms with Crippen molar-refractivity contribution in [2.45, 2.75) is 18.9 Å². The van der Waals surface area contributed by atoms with E-state index in [1.165, 1.54) is 0 Å². The molecule has 0 aliphatic carbocycles. The number of para-hydroxylation sites is 2. The Morgan fingerprint density at radius 1 is 0.931 bits per heavy atom. The standard InChI is InChI=1S/C24H23NO4/c1-27-17-12-13-20(28-2)16(15-17)11-14-23(26)25-24-18-7-3-5-9-21(18)29-22-10-6-4-8-19(22)24/h3-10,12-13,15,24H,11,14H2,1-2H3,(H,25,26). The Morgan fingerprint density at radius 3 is 2.21 bits per heavy atom. The highest BCUT2D eigenvalue weighted by molar-refractivity contribution is 5.78. The van der Waals surface area contributed by atoms with Gasteiger partial charge in [0.25, 0.3) is 0 Å². The largest absolute Gasteiger partial charge is 0.497 e. The fraction of sp³-hybridized carbons (Fsp3) is 0.208. The molecule has 1 N–H and O–H groups in total. The number of fused-ring (bicyclic) bond motifs is 2. The molecule has 0 bridgehead atoms. The van der Waals surface area contributed by atoms with Crippen LogP contribution in [0.25, 0.3) is 0 Å². The van der Waals surface area contributed by atoms with E-state index in [1.54, 1.807) is 14.2 Å². The number of carbonyl (C=O) groups is 1. The van der Waals surface area contributed by atoms with Crippen molar-refractivity contribution >= 4 is 5.91 Å². The molecule has 0 spiro atoms. The maximum atomic E-state index is 12.8. The predicted molar refractivity (Wildman–Crippen MR) is 111 cm³/mol. The summed E-state index contributed by atoms with van der Waals surface area (Å²) in [6.45, 7) is 0. The Labute approximate surface area is 170 Å². The number of amides is 1. The molecule has 1 heterocycles. The first kappa shape index (κ1) is 18.9. The van der Waals surface area contributed by atoms with Gasteiger partial charge in [-0.05, 0) is 42.3 Å². The summed E-state index contributed by atoms with van der Waals surface area (Å²) in [5, 5.41) is 3.18. The summed E-state index contributed by atoms with van der Waals surface area (Å²) in [7, 11) is 3.25. The number of carbonyl (C=O) groups excluding carboxylic acids is 1. The number of benzene rings is 3.